The molecule has 0 spiro atoms. The Kier molecular flexibility index (Phi) is 16.9. The second-order valence-corrected chi connectivity index (χ2v) is 20.6. The van der Waals surface area contributed by atoms with Crippen molar-refractivity contribution in [3.8, 4) is 66.8 Å². The molecule has 330 valence electrons. The predicted octanol–water partition coefficient (Wildman–Crippen LogP) is 15.7. The summed E-state index contributed by atoms with van der Waals surface area (Å²) in [6.45, 7) is 7.01. The molecule has 0 radical (unpaired) electrons. The fraction of sp³-hybridized carbons (Fsp3) is 0.0645. The van der Waals surface area contributed by atoms with Crippen LogP contribution in [0, 0.1) is 12.0 Å². The maximum Gasteiger partial charge on any atom is 0.157 e. The molecule has 10 rings (SSSR count). The summed E-state index contributed by atoms with van der Waals surface area (Å²) in [4.78, 5) is 0. The summed E-state index contributed by atoms with van der Waals surface area (Å²) in [5, 5.41) is 5.55. The molecule has 9 aromatic rings. The van der Waals surface area contributed by atoms with E-state index in [0.717, 1.165) is 0 Å². The van der Waals surface area contributed by atoms with Gasteiger partial charge in [0.1, 0.15) is 0 Å². The molecule has 1 aliphatic carbocycles. The molecule has 0 bridgehead atoms. The molecule has 0 aliphatic heterocycles. The molecule has 0 aromatic heterocycles. The topological polar surface area (TPSA) is 0 Å². The van der Waals surface area contributed by atoms with Gasteiger partial charge in [0.05, 0.1) is 0 Å². The van der Waals surface area contributed by atoms with Crippen LogP contribution < -0.4 is 15.6 Å². The van der Waals surface area contributed by atoms with Crippen LogP contribution in [0.4, 0.5) is 0 Å². The number of hydrogen-bond acceptors (Lipinski definition) is 0. The first kappa shape index (κ1) is 50.7. The zero-order valence-corrected chi connectivity index (χ0v) is 42.8. The van der Waals surface area contributed by atoms with Crippen molar-refractivity contribution in [1.29, 1.82) is 0 Å². The molecular formula is C62H52Cl3SiTi-. The summed E-state index contributed by atoms with van der Waals surface area (Å²) in [6, 6.07) is 88.1. The summed E-state index contributed by atoms with van der Waals surface area (Å²) >= 11 is 0. The summed E-state index contributed by atoms with van der Waals surface area (Å²) in [5.41, 5.74) is 17.1. The molecule has 9 aromatic carbocycles. The van der Waals surface area contributed by atoms with Crippen molar-refractivity contribution in [1.82, 2.24) is 0 Å². The van der Waals surface area contributed by atoms with Crippen LogP contribution in [0.1, 0.15) is 20.8 Å². The van der Waals surface area contributed by atoms with Gasteiger partial charge in [-0.1, -0.05) is 238 Å². The summed E-state index contributed by atoms with van der Waals surface area (Å²) in [7, 11) is -3.35. The van der Waals surface area contributed by atoms with Crippen LogP contribution in [0.25, 0.3) is 66.8 Å². The molecular weight excluding hydrogens is 927 g/mol. The molecule has 1 atom stereocenters. The van der Waals surface area contributed by atoms with Gasteiger partial charge in [0, 0.05) is 21.7 Å². The van der Waals surface area contributed by atoms with Gasteiger partial charge in [-0.05, 0) is 101 Å². The Morgan fingerprint density at radius 3 is 0.701 bits per heavy atom. The molecule has 0 heterocycles. The van der Waals surface area contributed by atoms with E-state index in [1.54, 1.807) is 0 Å². The first-order valence-corrected chi connectivity index (χ1v) is 24.1. The Hall–Kier alpha value is -5.74. The van der Waals surface area contributed by atoms with E-state index in [0.29, 0.717) is 0 Å². The van der Waals surface area contributed by atoms with Crippen molar-refractivity contribution in [3.05, 3.63) is 259 Å². The van der Waals surface area contributed by atoms with E-state index in [1.165, 1.54) is 98.7 Å². The molecule has 1 unspecified atom stereocenters. The van der Waals surface area contributed by atoms with Crippen molar-refractivity contribution in [3.63, 3.8) is 0 Å². The van der Waals surface area contributed by atoms with E-state index >= 15 is 0 Å². The van der Waals surface area contributed by atoms with Crippen molar-refractivity contribution in [2.24, 2.45) is 5.92 Å². The zero-order chi connectivity index (χ0) is 42.8. The largest absolute Gasteiger partial charge is 0.267 e. The summed E-state index contributed by atoms with van der Waals surface area (Å²) < 4.78 is 0. The summed E-state index contributed by atoms with van der Waals surface area (Å²) in [5.74, 6) is 0.0818. The number of benzene rings is 9. The van der Waals surface area contributed by atoms with E-state index < -0.39 is 8.07 Å². The van der Waals surface area contributed by atoms with Crippen LogP contribution in [0.2, 0.25) is 0 Å². The average Bonchev–Trinajstić information content (AvgIpc) is 3.62. The Balaban J connectivity index is 0.00000185. The predicted molar refractivity (Wildman–Crippen MR) is 293 cm³/mol. The van der Waals surface area contributed by atoms with Crippen LogP contribution in [0.15, 0.2) is 253 Å². The fourth-order valence-electron chi connectivity index (χ4n) is 9.92. The number of halogens is 3. The van der Waals surface area contributed by atoms with E-state index in [2.05, 4.69) is 263 Å². The van der Waals surface area contributed by atoms with Gasteiger partial charge in [0.25, 0.3) is 0 Å². The van der Waals surface area contributed by atoms with Crippen molar-refractivity contribution < 1.29 is 21.7 Å². The Morgan fingerprint density at radius 2 is 0.522 bits per heavy atom. The molecule has 0 saturated carbocycles. The van der Waals surface area contributed by atoms with Crippen LogP contribution in [-0.2, 0) is 21.7 Å². The van der Waals surface area contributed by atoms with Crippen LogP contribution >= 0.6 is 37.2 Å². The SMILES string of the molecule is CC1=[C-]C(C)C([Si](c2cc(-c3ccccc3)cc(-c3ccccc3)c2)(c2cc(-c3ccccc3)cc(-c3ccccc3)c2)c2cc(-c3ccccc3)cc(-c3ccccc3)c2)=C1C.Cl.Cl.Cl.[Ti]. The van der Waals surface area contributed by atoms with Gasteiger partial charge in [0.15, 0.2) is 8.07 Å². The van der Waals surface area contributed by atoms with Crippen LogP contribution in [0.5, 0.6) is 0 Å². The van der Waals surface area contributed by atoms with Gasteiger partial charge in [-0.15, -0.1) is 44.1 Å². The monoisotopic (exact) mass is 977 g/mol. The molecule has 0 amide bonds. The first-order chi connectivity index (χ1) is 31.0. The minimum Gasteiger partial charge on any atom is -0.267 e. The molecule has 0 fully saturated rings. The molecule has 1 aliphatic rings. The fourth-order valence-corrected chi connectivity index (χ4v) is 15.6. The third-order valence-corrected chi connectivity index (χ3v) is 18.1. The van der Waals surface area contributed by atoms with Crippen molar-refractivity contribution in [2.45, 2.75) is 20.8 Å². The molecule has 5 heteroatoms. The first-order valence-electron chi connectivity index (χ1n) is 22.1. The van der Waals surface area contributed by atoms with Crippen LogP contribution in [-0.4, -0.2) is 8.07 Å². The quantitative estimate of drug-likeness (QED) is 0.0728. The minimum absolute atomic E-state index is 0. The normalized spacial score (nSPS) is 13.0. The van der Waals surface area contributed by atoms with Crippen molar-refractivity contribution >= 4 is 60.9 Å². The maximum atomic E-state index is 3.99. The van der Waals surface area contributed by atoms with Gasteiger partial charge in [-0.25, -0.2) is 11.1 Å². The maximum absolute atomic E-state index is 3.99. The average molecular weight is 979 g/mol. The second kappa shape index (κ2) is 22.4. The summed E-state index contributed by atoms with van der Waals surface area (Å²) in [6.07, 6.45) is 3.99. The van der Waals surface area contributed by atoms with Gasteiger partial charge in [0.2, 0.25) is 0 Å². The van der Waals surface area contributed by atoms with Crippen LogP contribution in [0.3, 0.4) is 0 Å². The molecule has 0 nitrogen and oxygen atoms in total. The van der Waals surface area contributed by atoms with Gasteiger partial charge in [-0.2, -0.15) is 5.20 Å². The Bertz CT molecular complexity index is 2640. The number of rotatable bonds is 10. The second-order valence-electron chi connectivity index (χ2n) is 16.9. The molecule has 67 heavy (non-hydrogen) atoms. The standard InChI is InChI=1S/C62H49Si.3ClH.Ti/c1-44-34-45(2)62(46(44)3)63(59-38-53(47-22-10-4-11-23-47)35-54(39-59)48-24-12-5-13-25-48,60-40-55(49-26-14-6-15-27-49)36-56(41-60)50-28-16-7-17-29-50)61-42-57(51-30-18-8-19-31-51)37-58(43-61)52-32-20-9-21-33-52;;;;/h4-33,35-43,45H,1-3H3;3*1H;/q-1;;;;. The van der Waals surface area contributed by atoms with E-state index in [1.807, 2.05) is 0 Å². The van der Waals surface area contributed by atoms with Gasteiger partial charge < -0.3 is 0 Å². The molecule has 0 saturated heterocycles. The van der Waals surface area contributed by atoms with Crippen molar-refractivity contribution in [2.75, 3.05) is 0 Å². The third-order valence-electron chi connectivity index (χ3n) is 13.0. The van der Waals surface area contributed by atoms with E-state index in [9.17, 15) is 0 Å². The Labute approximate surface area is 431 Å². The third kappa shape index (κ3) is 10.1. The zero-order valence-electron chi connectivity index (χ0n) is 37.8. The smallest absolute Gasteiger partial charge is 0.157 e. The number of hydrogen-bond donors (Lipinski definition) is 0. The number of allylic oxidation sites excluding steroid dienone is 4. The minimum atomic E-state index is -3.35. The van der Waals surface area contributed by atoms with E-state index in [4.69, 9.17) is 0 Å². The van der Waals surface area contributed by atoms with E-state index in [-0.39, 0.29) is 64.9 Å². The Morgan fingerprint density at radius 1 is 0.313 bits per heavy atom. The van der Waals surface area contributed by atoms with Gasteiger partial charge >= 0.3 is 0 Å². The molecule has 0 N–H and O–H groups in total. The van der Waals surface area contributed by atoms with Gasteiger partial charge in [-0.3, -0.25) is 6.08 Å².